The largest absolute Gasteiger partial charge is 0.497 e. The number of rotatable bonds is 6. The van der Waals surface area contributed by atoms with Crippen molar-refractivity contribution in [2.75, 3.05) is 19.0 Å². The molecule has 2 aromatic rings. The summed E-state index contributed by atoms with van der Waals surface area (Å²) in [6, 6.07) is 9.27. The number of nitrogens with one attached hydrogen (secondary N) is 1. The second-order valence-corrected chi connectivity index (χ2v) is 4.43. The normalized spacial score (nSPS) is 10.3. The first kappa shape index (κ1) is 15.1. The maximum atomic E-state index is 13.8. The molecule has 0 aliphatic carbocycles. The Morgan fingerprint density at radius 1 is 1.10 bits per heavy atom. The van der Waals surface area contributed by atoms with E-state index in [-0.39, 0.29) is 12.4 Å². The molecule has 0 fully saturated rings. The van der Waals surface area contributed by atoms with Gasteiger partial charge in [0.1, 0.15) is 18.2 Å². The summed E-state index contributed by atoms with van der Waals surface area (Å²) in [6.07, 6.45) is 0. The lowest BCUT2D eigenvalue weighted by molar-refractivity contribution is 0.291. The van der Waals surface area contributed by atoms with Gasteiger partial charge in [0.15, 0.2) is 11.6 Å². The predicted molar refractivity (Wildman–Crippen MR) is 77.8 cm³/mol. The Labute approximate surface area is 122 Å². The van der Waals surface area contributed by atoms with E-state index in [2.05, 4.69) is 5.32 Å². The van der Waals surface area contributed by atoms with Gasteiger partial charge in [-0.25, -0.2) is 8.78 Å². The van der Waals surface area contributed by atoms with E-state index in [1.54, 1.807) is 19.2 Å². The summed E-state index contributed by atoms with van der Waals surface area (Å²) in [7, 11) is 1.59. The molecule has 0 heterocycles. The number of hydrogen-bond acceptors (Lipinski definition) is 3. The topological polar surface area (TPSA) is 30.5 Å². The van der Waals surface area contributed by atoms with Crippen molar-refractivity contribution in [2.45, 2.75) is 13.5 Å². The van der Waals surface area contributed by atoms with E-state index < -0.39 is 11.6 Å². The highest BCUT2D eigenvalue weighted by atomic mass is 19.1. The van der Waals surface area contributed by atoms with Crippen LogP contribution >= 0.6 is 0 Å². The molecular weight excluding hydrogens is 276 g/mol. The minimum atomic E-state index is -0.723. The van der Waals surface area contributed by atoms with E-state index in [9.17, 15) is 8.78 Å². The lowest BCUT2D eigenvalue weighted by Gasteiger charge is -2.13. The molecule has 5 heteroatoms. The molecule has 2 aromatic carbocycles. The van der Waals surface area contributed by atoms with Crippen LogP contribution in [-0.2, 0) is 6.61 Å². The molecule has 0 atom stereocenters. The van der Waals surface area contributed by atoms with Crippen LogP contribution in [0.5, 0.6) is 11.5 Å². The SMILES string of the molecule is CCNc1cc(F)cc(F)c1OCc1ccc(OC)cc1. The molecule has 0 aromatic heterocycles. The van der Waals surface area contributed by atoms with Crippen LogP contribution in [0.1, 0.15) is 12.5 Å². The van der Waals surface area contributed by atoms with Crippen molar-refractivity contribution < 1.29 is 18.3 Å². The Bertz CT molecular complexity index is 600. The van der Waals surface area contributed by atoms with Gasteiger partial charge >= 0.3 is 0 Å². The van der Waals surface area contributed by atoms with E-state index in [1.165, 1.54) is 6.07 Å². The molecule has 1 N–H and O–H groups in total. The second-order valence-electron chi connectivity index (χ2n) is 4.43. The van der Waals surface area contributed by atoms with E-state index in [0.717, 1.165) is 17.4 Å². The third-order valence-corrected chi connectivity index (χ3v) is 2.92. The first-order valence-corrected chi connectivity index (χ1v) is 6.62. The molecule has 0 aliphatic rings. The highest BCUT2D eigenvalue weighted by molar-refractivity contribution is 5.57. The fraction of sp³-hybridized carbons (Fsp3) is 0.250. The molecule has 112 valence electrons. The Hall–Kier alpha value is -2.30. The van der Waals surface area contributed by atoms with Crippen LogP contribution < -0.4 is 14.8 Å². The second kappa shape index (κ2) is 6.92. The monoisotopic (exact) mass is 293 g/mol. The van der Waals surface area contributed by atoms with Crippen molar-refractivity contribution >= 4 is 5.69 Å². The maximum absolute atomic E-state index is 13.8. The molecule has 0 aliphatic heterocycles. The van der Waals surface area contributed by atoms with Crippen molar-refractivity contribution in [3.05, 3.63) is 53.6 Å². The van der Waals surface area contributed by atoms with Crippen LogP contribution in [0.15, 0.2) is 36.4 Å². The number of ether oxygens (including phenoxy) is 2. The molecule has 0 spiro atoms. The molecule has 2 rings (SSSR count). The fourth-order valence-corrected chi connectivity index (χ4v) is 1.91. The molecule has 3 nitrogen and oxygen atoms in total. The number of anilines is 1. The van der Waals surface area contributed by atoms with Crippen molar-refractivity contribution in [3.63, 3.8) is 0 Å². The molecule has 0 saturated heterocycles. The predicted octanol–water partition coefficient (Wildman–Crippen LogP) is 3.98. The molecule has 0 amide bonds. The highest BCUT2D eigenvalue weighted by Crippen LogP contribution is 2.30. The zero-order valence-corrected chi connectivity index (χ0v) is 12.0. The first-order valence-electron chi connectivity index (χ1n) is 6.62. The minimum Gasteiger partial charge on any atom is -0.497 e. The van der Waals surface area contributed by atoms with Crippen LogP contribution in [0.3, 0.4) is 0 Å². The maximum Gasteiger partial charge on any atom is 0.178 e. The van der Waals surface area contributed by atoms with Gasteiger partial charge in [-0.3, -0.25) is 0 Å². The van der Waals surface area contributed by atoms with Crippen molar-refractivity contribution in [1.82, 2.24) is 0 Å². The summed E-state index contributed by atoms with van der Waals surface area (Å²) in [5.74, 6) is -0.603. The zero-order chi connectivity index (χ0) is 15.2. The summed E-state index contributed by atoms with van der Waals surface area (Å²) < 4.78 is 37.6. The van der Waals surface area contributed by atoms with Crippen LogP contribution in [-0.4, -0.2) is 13.7 Å². The van der Waals surface area contributed by atoms with Gasteiger partial charge in [-0.15, -0.1) is 0 Å². The van der Waals surface area contributed by atoms with Gasteiger partial charge in [0, 0.05) is 18.7 Å². The van der Waals surface area contributed by atoms with Crippen molar-refractivity contribution in [3.8, 4) is 11.5 Å². The van der Waals surface area contributed by atoms with Gasteiger partial charge in [-0.05, 0) is 24.6 Å². The van der Waals surface area contributed by atoms with Crippen molar-refractivity contribution in [2.24, 2.45) is 0 Å². The van der Waals surface area contributed by atoms with Gasteiger partial charge in [0.2, 0.25) is 0 Å². The summed E-state index contributed by atoms with van der Waals surface area (Å²) in [6.45, 7) is 2.57. The Kier molecular flexibility index (Phi) is 4.98. The molecule has 0 saturated carbocycles. The van der Waals surface area contributed by atoms with Gasteiger partial charge in [-0.1, -0.05) is 12.1 Å². The third kappa shape index (κ3) is 3.84. The lowest BCUT2D eigenvalue weighted by atomic mass is 10.2. The highest BCUT2D eigenvalue weighted by Gasteiger charge is 2.12. The third-order valence-electron chi connectivity index (χ3n) is 2.92. The molecule has 0 unspecified atom stereocenters. The van der Waals surface area contributed by atoms with Gasteiger partial charge in [0.25, 0.3) is 0 Å². The van der Waals surface area contributed by atoms with E-state index >= 15 is 0 Å². The number of hydrogen-bond donors (Lipinski definition) is 1. The first-order chi connectivity index (χ1) is 10.1. The zero-order valence-electron chi connectivity index (χ0n) is 12.0. The van der Waals surface area contributed by atoms with Crippen LogP contribution in [0.4, 0.5) is 14.5 Å². The van der Waals surface area contributed by atoms with E-state index in [1.807, 2.05) is 19.1 Å². The summed E-state index contributed by atoms with van der Waals surface area (Å²) in [5, 5.41) is 2.89. The van der Waals surface area contributed by atoms with Gasteiger partial charge in [-0.2, -0.15) is 0 Å². The average Bonchev–Trinajstić information content (AvgIpc) is 2.47. The Morgan fingerprint density at radius 2 is 1.81 bits per heavy atom. The fourth-order valence-electron chi connectivity index (χ4n) is 1.91. The van der Waals surface area contributed by atoms with Gasteiger partial charge in [0.05, 0.1) is 12.8 Å². The van der Waals surface area contributed by atoms with E-state index in [4.69, 9.17) is 9.47 Å². The van der Waals surface area contributed by atoms with Crippen LogP contribution in [0.2, 0.25) is 0 Å². The Balaban J connectivity index is 2.14. The summed E-state index contributed by atoms with van der Waals surface area (Å²) in [4.78, 5) is 0. The van der Waals surface area contributed by atoms with Crippen LogP contribution in [0.25, 0.3) is 0 Å². The minimum absolute atomic E-state index is 0.0223. The quantitative estimate of drug-likeness (QED) is 0.873. The van der Waals surface area contributed by atoms with Crippen LogP contribution in [0, 0.1) is 11.6 Å². The summed E-state index contributed by atoms with van der Waals surface area (Å²) in [5.41, 5.74) is 1.17. The molecule has 21 heavy (non-hydrogen) atoms. The molecular formula is C16H17F2NO2. The number of methoxy groups -OCH3 is 1. The summed E-state index contributed by atoms with van der Waals surface area (Å²) >= 11 is 0. The van der Waals surface area contributed by atoms with Crippen molar-refractivity contribution in [1.29, 1.82) is 0 Å². The lowest BCUT2D eigenvalue weighted by Crippen LogP contribution is -2.04. The van der Waals surface area contributed by atoms with Gasteiger partial charge < -0.3 is 14.8 Å². The van der Waals surface area contributed by atoms with E-state index in [0.29, 0.717) is 12.2 Å². The standard InChI is InChI=1S/C16H17F2NO2/c1-3-19-15-9-12(17)8-14(18)16(15)21-10-11-4-6-13(20-2)7-5-11/h4-9,19H,3,10H2,1-2H3. The average molecular weight is 293 g/mol. The number of halogens is 2. The molecule has 0 bridgehead atoms. The smallest absolute Gasteiger partial charge is 0.178 e. The number of benzene rings is 2. The Morgan fingerprint density at radius 3 is 2.43 bits per heavy atom. The molecule has 0 radical (unpaired) electrons.